The van der Waals surface area contributed by atoms with E-state index in [1.165, 1.54) is 32.4 Å². The average molecular weight is 153 g/mol. The van der Waals surface area contributed by atoms with Crippen LogP contribution in [-0.4, -0.2) is 24.0 Å². The van der Waals surface area contributed by atoms with E-state index in [-0.39, 0.29) is 0 Å². The second kappa shape index (κ2) is 2.78. The number of rotatable bonds is 2. The molecule has 2 fully saturated rings. The molecule has 1 saturated carbocycles. The molecule has 0 spiro atoms. The van der Waals surface area contributed by atoms with E-state index in [0.717, 1.165) is 17.9 Å². The minimum atomic E-state index is 0.902. The van der Waals surface area contributed by atoms with E-state index in [9.17, 15) is 0 Å². The summed E-state index contributed by atoms with van der Waals surface area (Å²) in [7, 11) is 0. The highest BCUT2D eigenvalue weighted by atomic mass is 15.2. The van der Waals surface area contributed by atoms with Crippen LogP contribution in [0.15, 0.2) is 0 Å². The molecule has 1 aliphatic heterocycles. The van der Waals surface area contributed by atoms with Gasteiger partial charge in [0.1, 0.15) is 0 Å². The zero-order chi connectivity index (χ0) is 7.84. The molecule has 1 heteroatoms. The van der Waals surface area contributed by atoms with Gasteiger partial charge in [0, 0.05) is 12.6 Å². The molecular weight excluding hydrogens is 134 g/mol. The zero-order valence-corrected chi connectivity index (χ0v) is 7.71. The van der Waals surface area contributed by atoms with Crippen LogP contribution in [0.2, 0.25) is 0 Å². The lowest BCUT2D eigenvalue weighted by atomic mass is 9.95. The minimum absolute atomic E-state index is 0.902. The fraction of sp³-hybridized carbons (Fsp3) is 1.00. The van der Waals surface area contributed by atoms with Gasteiger partial charge in [0.25, 0.3) is 0 Å². The minimum Gasteiger partial charge on any atom is -0.300 e. The fourth-order valence-electron chi connectivity index (χ4n) is 2.13. The van der Waals surface area contributed by atoms with Gasteiger partial charge < -0.3 is 4.90 Å². The summed E-state index contributed by atoms with van der Waals surface area (Å²) in [6.45, 7) is 7.50. The molecule has 0 bridgehead atoms. The van der Waals surface area contributed by atoms with Crippen molar-refractivity contribution in [2.45, 2.75) is 39.2 Å². The summed E-state index contributed by atoms with van der Waals surface area (Å²) in [5, 5.41) is 0. The number of likely N-dealkylation sites (tertiary alicyclic amines) is 1. The predicted molar refractivity (Wildman–Crippen MR) is 47.5 cm³/mol. The quantitative estimate of drug-likeness (QED) is 0.587. The summed E-state index contributed by atoms with van der Waals surface area (Å²) >= 11 is 0. The first-order valence-electron chi connectivity index (χ1n) is 5.01. The topological polar surface area (TPSA) is 3.24 Å². The van der Waals surface area contributed by atoms with Gasteiger partial charge in [-0.1, -0.05) is 13.8 Å². The van der Waals surface area contributed by atoms with Crippen LogP contribution >= 0.6 is 0 Å². The molecule has 2 rings (SSSR count). The van der Waals surface area contributed by atoms with E-state index >= 15 is 0 Å². The fourth-order valence-corrected chi connectivity index (χ4v) is 2.13. The lowest BCUT2D eigenvalue weighted by Crippen LogP contribution is -2.23. The molecule has 11 heavy (non-hydrogen) atoms. The maximum absolute atomic E-state index is 2.70. The van der Waals surface area contributed by atoms with Gasteiger partial charge in [-0.15, -0.1) is 0 Å². The second-order valence-corrected chi connectivity index (χ2v) is 4.52. The van der Waals surface area contributed by atoms with Gasteiger partial charge in [-0.25, -0.2) is 0 Å². The van der Waals surface area contributed by atoms with Gasteiger partial charge in [-0.2, -0.15) is 0 Å². The molecule has 64 valence electrons. The summed E-state index contributed by atoms with van der Waals surface area (Å²) in [6.07, 6.45) is 4.41. The molecule has 0 unspecified atom stereocenters. The Balaban J connectivity index is 1.82. The van der Waals surface area contributed by atoms with E-state index in [0.29, 0.717) is 0 Å². The van der Waals surface area contributed by atoms with Gasteiger partial charge in [0.15, 0.2) is 0 Å². The molecule has 0 aromatic heterocycles. The van der Waals surface area contributed by atoms with Crippen LogP contribution in [0.3, 0.4) is 0 Å². The normalized spacial score (nSPS) is 33.5. The Morgan fingerprint density at radius 1 is 1.18 bits per heavy atom. The smallest absolute Gasteiger partial charge is 0.00965 e. The third-order valence-corrected chi connectivity index (χ3v) is 3.26. The van der Waals surface area contributed by atoms with E-state index in [1.54, 1.807) is 0 Å². The average Bonchev–Trinajstić information content (AvgIpc) is 2.68. The van der Waals surface area contributed by atoms with Crippen molar-refractivity contribution in [2.24, 2.45) is 11.8 Å². The molecule has 0 aromatic rings. The van der Waals surface area contributed by atoms with Crippen LogP contribution in [0.5, 0.6) is 0 Å². The Morgan fingerprint density at radius 2 is 1.91 bits per heavy atom. The third-order valence-electron chi connectivity index (χ3n) is 3.26. The Hall–Kier alpha value is -0.0400. The first kappa shape index (κ1) is 7.60. The van der Waals surface area contributed by atoms with Gasteiger partial charge in [-0.05, 0) is 37.6 Å². The van der Waals surface area contributed by atoms with Crippen molar-refractivity contribution in [3.63, 3.8) is 0 Å². The van der Waals surface area contributed by atoms with Gasteiger partial charge in [-0.3, -0.25) is 0 Å². The Kier molecular flexibility index (Phi) is 1.92. The van der Waals surface area contributed by atoms with Crippen molar-refractivity contribution >= 4 is 0 Å². The maximum atomic E-state index is 2.70. The molecular formula is C10H19N. The predicted octanol–water partition coefficient (Wildman–Crippen LogP) is 2.13. The highest BCUT2D eigenvalue weighted by Gasteiger charge is 2.34. The van der Waals surface area contributed by atoms with Crippen LogP contribution in [0.4, 0.5) is 0 Å². The molecule has 0 aromatic carbocycles. The van der Waals surface area contributed by atoms with E-state index in [4.69, 9.17) is 0 Å². The van der Waals surface area contributed by atoms with E-state index < -0.39 is 0 Å². The molecule has 1 saturated heterocycles. The molecule has 1 nitrogen and oxygen atoms in total. The largest absolute Gasteiger partial charge is 0.300 e. The maximum Gasteiger partial charge on any atom is 0.00965 e. The number of hydrogen-bond donors (Lipinski definition) is 0. The van der Waals surface area contributed by atoms with Crippen molar-refractivity contribution in [3.8, 4) is 0 Å². The molecule has 1 aliphatic carbocycles. The summed E-state index contributed by atoms with van der Waals surface area (Å²) in [5.74, 6) is 1.90. The molecule has 1 atom stereocenters. The van der Waals surface area contributed by atoms with E-state index in [1.807, 2.05) is 0 Å². The Morgan fingerprint density at radius 3 is 2.36 bits per heavy atom. The monoisotopic (exact) mass is 153 g/mol. The second-order valence-electron chi connectivity index (χ2n) is 4.52. The number of hydrogen-bond acceptors (Lipinski definition) is 1. The Bertz CT molecular complexity index is 130. The highest BCUT2D eigenvalue weighted by molar-refractivity contribution is 4.89. The SMILES string of the molecule is CC(C)[C@@H]1CCN(C2CC2)C1. The van der Waals surface area contributed by atoms with Crippen molar-refractivity contribution in [1.29, 1.82) is 0 Å². The zero-order valence-electron chi connectivity index (χ0n) is 7.71. The standard InChI is InChI=1S/C10H19N/c1-8(2)9-5-6-11(7-9)10-3-4-10/h8-10H,3-7H2,1-2H3/t9-/m1/s1. The van der Waals surface area contributed by atoms with Crippen molar-refractivity contribution in [3.05, 3.63) is 0 Å². The molecule has 0 N–H and O–H groups in total. The van der Waals surface area contributed by atoms with Crippen LogP contribution in [0, 0.1) is 11.8 Å². The molecule has 0 amide bonds. The first-order valence-corrected chi connectivity index (χ1v) is 5.01. The lowest BCUT2D eigenvalue weighted by Gasteiger charge is -2.16. The first-order chi connectivity index (χ1) is 5.27. The number of nitrogens with zero attached hydrogens (tertiary/aromatic N) is 1. The van der Waals surface area contributed by atoms with Crippen molar-refractivity contribution in [2.75, 3.05) is 13.1 Å². The van der Waals surface area contributed by atoms with Crippen LogP contribution < -0.4 is 0 Å². The van der Waals surface area contributed by atoms with Crippen molar-refractivity contribution < 1.29 is 0 Å². The summed E-state index contributed by atoms with van der Waals surface area (Å²) in [6, 6.07) is 0.999. The van der Waals surface area contributed by atoms with Crippen molar-refractivity contribution in [1.82, 2.24) is 4.90 Å². The molecule has 0 radical (unpaired) electrons. The van der Waals surface area contributed by atoms with Crippen LogP contribution in [0.1, 0.15) is 33.1 Å². The molecule has 2 aliphatic rings. The summed E-state index contributed by atoms with van der Waals surface area (Å²) in [4.78, 5) is 2.70. The molecule has 1 heterocycles. The summed E-state index contributed by atoms with van der Waals surface area (Å²) < 4.78 is 0. The van der Waals surface area contributed by atoms with Gasteiger partial charge in [0.2, 0.25) is 0 Å². The third kappa shape index (κ3) is 1.58. The lowest BCUT2D eigenvalue weighted by molar-refractivity contribution is 0.295. The van der Waals surface area contributed by atoms with Crippen LogP contribution in [-0.2, 0) is 0 Å². The van der Waals surface area contributed by atoms with Gasteiger partial charge >= 0.3 is 0 Å². The van der Waals surface area contributed by atoms with Crippen LogP contribution in [0.25, 0.3) is 0 Å². The van der Waals surface area contributed by atoms with E-state index in [2.05, 4.69) is 18.7 Å². The van der Waals surface area contributed by atoms with Gasteiger partial charge in [0.05, 0.1) is 0 Å². The summed E-state index contributed by atoms with van der Waals surface area (Å²) in [5.41, 5.74) is 0. The highest BCUT2D eigenvalue weighted by Crippen LogP contribution is 2.33. The Labute approximate surface area is 69.8 Å².